The molecule has 77 heavy (non-hydrogen) atoms. The molecule has 416 valence electrons. The summed E-state index contributed by atoms with van der Waals surface area (Å²) in [6.07, 6.45) is 5.99. The van der Waals surface area contributed by atoms with Gasteiger partial charge < -0.3 is 14.7 Å². The summed E-state index contributed by atoms with van der Waals surface area (Å²) in [5.41, 5.74) is -1.52. The molecular weight excluding hydrogens is 1050 g/mol. The fourth-order valence-electron chi connectivity index (χ4n) is 6.93. The van der Waals surface area contributed by atoms with Crippen LogP contribution in [-0.2, 0) is 38.5 Å². The van der Waals surface area contributed by atoms with Crippen molar-refractivity contribution in [3.8, 4) is 6.07 Å². The first kappa shape index (κ1) is 67.4. The zero-order valence-electron chi connectivity index (χ0n) is 44.0. The fourth-order valence-corrected chi connectivity index (χ4v) is 7.73. The molecule has 23 nitrogen and oxygen atoms in total. The van der Waals surface area contributed by atoms with Gasteiger partial charge in [0.05, 0.1) is 50.1 Å². The number of ether oxygens (including phenoxy) is 1. The third-order valence-electron chi connectivity index (χ3n) is 11.1. The van der Waals surface area contributed by atoms with Crippen molar-refractivity contribution in [2.24, 2.45) is 5.92 Å². The first-order valence-corrected chi connectivity index (χ1v) is 26.2. The van der Waals surface area contributed by atoms with Gasteiger partial charge in [-0.25, -0.2) is 13.2 Å². The lowest BCUT2D eigenvalue weighted by atomic mass is 9.82. The Hall–Kier alpha value is -7.59. The Labute approximate surface area is 450 Å². The Morgan fingerprint density at radius 3 is 1.56 bits per heavy atom. The molecule has 2 fully saturated rings. The molecule has 0 bridgehead atoms. The van der Waals surface area contributed by atoms with E-state index in [2.05, 4.69) is 25.7 Å². The van der Waals surface area contributed by atoms with Gasteiger partial charge in [0.25, 0.3) is 22.3 Å². The van der Waals surface area contributed by atoms with E-state index in [-0.39, 0.29) is 87.5 Å². The van der Waals surface area contributed by atoms with Gasteiger partial charge in [0.15, 0.2) is 27.2 Å². The highest BCUT2D eigenvalue weighted by molar-refractivity contribution is 7.90. The monoisotopic (exact) mass is 1110 g/mol. The van der Waals surface area contributed by atoms with Gasteiger partial charge >= 0.3 is 5.97 Å². The number of nitrogens with zero attached hydrogens (tertiary/aromatic N) is 5. The number of halogens is 1. The second-order valence-corrected chi connectivity index (χ2v) is 20.3. The van der Waals surface area contributed by atoms with Crippen LogP contribution in [0.1, 0.15) is 141 Å². The van der Waals surface area contributed by atoms with Crippen LogP contribution in [0, 0.1) is 61.4 Å². The summed E-state index contributed by atoms with van der Waals surface area (Å²) in [5, 5.41) is 47.9. The van der Waals surface area contributed by atoms with Gasteiger partial charge in [-0.3, -0.25) is 63.9 Å². The Morgan fingerprint density at radius 2 is 1.17 bits per heavy atom. The lowest BCUT2D eigenvalue weighted by Gasteiger charge is -2.18. The SMILES string of the molecule is CC(C)(O)C#N.CCN(CC)CC.CS(=O)(=O)c1ccc(C(=O)Cl)c([N+](=O)[O-])c1.Cc1ccc(C(=O)C2CCC(=O)CC2=O)c([N+](=O)[O-])c1.Cc1ccc(C(=O)OC2=CC(=O)CCC2)c([N+](=O)[O-])c1.O=C1CCCC(=O)C1. The molecule has 0 aromatic heterocycles. The minimum absolute atomic E-state index is 0.0618. The normalized spacial score (nSPS) is 15.0. The van der Waals surface area contributed by atoms with Gasteiger partial charge in [-0.2, -0.15) is 5.26 Å². The largest absolute Gasteiger partial charge is 0.427 e. The van der Waals surface area contributed by atoms with Gasteiger partial charge in [-0.15, -0.1) is 0 Å². The summed E-state index contributed by atoms with van der Waals surface area (Å²) < 4.78 is 27.4. The van der Waals surface area contributed by atoms with Crippen molar-refractivity contribution in [1.29, 1.82) is 5.26 Å². The zero-order chi connectivity index (χ0) is 59.0. The maximum atomic E-state index is 12.3. The van der Waals surface area contributed by atoms with E-state index in [1.54, 1.807) is 32.0 Å². The molecule has 1 unspecified atom stereocenters. The molecule has 0 saturated heterocycles. The van der Waals surface area contributed by atoms with Crippen molar-refractivity contribution < 1.29 is 71.4 Å². The Kier molecular flexibility index (Phi) is 28.1. The number of aliphatic hydroxyl groups is 1. The van der Waals surface area contributed by atoms with Gasteiger partial charge in [0.2, 0.25) is 0 Å². The van der Waals surface area contributed by atoms with E-state index < -0.39 is 64.6 Å². The number of rotatable bonds is 12. The predicted octanol–water partition coefficient (Wildman–Crippen LogP) is 8.43. The summed E-state index contributed by atoms with van der Waals surface area (Å²) in [6.45, 7) is 16.4. The molecule has 0 spiro atoms. The van der Waals surface area contributed by atoms with E-state index in [0.717, 1.165) is 30.9 Å². The van der Waals surface area contributed by atoms with Crippen LogP contribution >= 0.6 is 11.6 Å². The predicted molar refractivity (Wildman–Crippen MR) is 280 cm³/mol. The van der Waals surface area contributed by atoms with Crippen LogP contribution < -0.4 is 0 Å². The first-order chi connectivity index (χ1) is 35.8. The Balaban J connectivity index is 0.000000489. The second kappa shape index (κ2) is 32.1. The van der Waals surface area contributed by atoms with Crippen LogP contribution in [0.5, 0.6) is 0 Å². The van der Waals surface area contributed by atoms with Crippen molar-refractivity contribution in [1.82, 2.24) is 4.90 Å². The van der Waals surface area contributed by atoms with Gasteiger partial charge in [-0.1, -0.05) is 32.9 Å². The van der Waals surface area contributed by atoms with Crippen LogP contribution in [0.4, 0.5) is 17.1 Å². The van der Waals surface area contributed by atoms with Crippen molar-refractivity contribution in [2.45, 2.75) is 123 Å². The molecule has 3 aliphatic carbocycles. The molecule has 3 aromatic rings. The van der Waals surface area contributed by atoms with Gasteiger partial charge in [0, 0.05) is 62.6 Å². The number of sulfone groups is 1. The number of allylic oxidation sites excluding steroid dienone is 2. The molecule has 25 heteroatoms. The summed E-state index contributed by atoms with van der Waals surface area (Å²) in [6, 6.07) is 13.1. The van der Waals surface area contributed by atoms with E-state index >= 15 is 0 Å². The topological polar surface area (TPSA) is 357 Å². The molecule has 6 rings (SSSR count). The van der Waals surface area contributed by atoms with Crippen molar-refractivity contribution in [2.75, 3.05) is 25.9 Å². The molecular formula is C52H62ClN5O18S. The van der Waals surface area contributed by atoms with Gasteiger partial charge in [0.1, 0.15) is 39.8 Å². The van der Waals surface area contributed by atoms with Crippen LogP contribution in [0.3, 0.4) is 0 Å². The van der Waals surface area contributed by atoms with Crippen molar-refractivity contribution in [3.05, 3.63) is 125 Å². The average molecular weight is 1110 g/mol. The average Bonchev–Trinajstić information content (AvgIpc) is 3.34. The number of nitro groups is 3. The van der Waals surface area contributed by atoms with E-state index in [1.165, 1.54) is 63.8 Å². The Bertz CT molecular complexity index is 2900. The van der Waals surface area contributed by atoms with Crippen LogP contribution in [-0.4, -0.2) is 111 Å². The van der Waals surface area contributed by atoms with Crippen molar-refractivity contribution >= 4 is 84.4 Å². The number of hydrogen-bond acceptors (Lipinski definition) is 20. The van der Waals surface area contributed by atoms with Gasteiger partial charge in [-0.05, 0) is 114 Å². The molecule has 2 saturated carbocycles. The number of aryl methyl sites for hydroxylation is 2. The minimum atomic E-state index is -3.56. The number of nitriles is 1. The summed E-state index contributed by atoms with van der Waals surface area (Å²) in [4.78, 5) is 123. The molecule has 0 heterocycles. The van der Waals surface area contributed by atoms with E-state index in [0.29, 0.717) is 43.2 Å². The minimum Gasteiger partial charge on any atom is -0.427 e. The molecule has 1 N–H and O–H groups in total. The zero-order valence-corrected chi connectivity index (χ0v) is 45.5. The highest BCUT2D eigenvalue weighted by Crippen LogP contribution is 2.29. The third-order valence-corrected chi connectivity index (χ3v) is 12.4. The van der Waals surface area contributed by atoms with Crippen LogP contribution in [0.2, 0.25) is 0 Å². The molecule has 3 aliphatic rings. The number of nitro benzene ring substituents is 3. The van der Waals surface area contributed by atoms with Crippen LogP contribution in [0.15, 0.2) is 71.3 Å². The molecule has 1 atom stereocenters. The fraction of sp³-hybridized carbons (Fsp3) is 0.442. The molecule has 0 radical (unpaired) electrons. The summed E-state index contributed by atoms with van der Waals surface area (Å²) in [7, 11) is -3.56. The van der Waals surface area contributed by atoms with E-state index in [9.17, 15) is 77.1 Å². The Morgan fingerprint density at radius 1 is 0.727 bits per heavy atom. The first-order valence-electron chi connectivity index (χ1n) is 23.9. The number of ketones is 6. The van der Waals surface area contributed by atoms with Crippen molar-refractivity contribution in [3.63, 3.8) is 0 Å². The number of carbonyl (C=O) groups is 8. The lowest BCUT2D eigenvalue weighted by molar-refractivity contribution is -0.385. The number of hydrogen-bond donors (Lipinski definition) is 1. The lowest BCUT2D eigenvalue weighted by Crippen LogP contribution is -2.31. The van der Waals surface area contributed by atoms with Crippen LogP contribution in [0.25, 0.3) is 0 Å². The third kappa shape index (κ3) is 24.3. The quantitative estimate of drug-likeness (QED) is 0.0338. The number of esters is 1. The number of benzene rings is 3. The molecule has 0 aliphatic heterocycles. The summed E-state index contributed by atoms with van der Waals surface area (Å²) in [5.74, 6) is -2.54. The smallest absolute Gasteiger partial charge is 0.350 e. The molecule has 0 amide bonds. The molecule has 3 aromatic carbocycles. The highest BCUT2D eigenvalue weighted by Gasteiger charge is 2.36. The maximum absolute atomic E-state index is 12.3. The number of Topliss-reactive ketones (excluding diaryl/α,β-unsaturated/α-hetero) is 5. The highest BCUT2D eigenvalue weighted by atomic mass is 35.5. The standard InChI is InChI=1S/2C14H13NO5.C8H6ClNO5S.C6H15N.C6H8O2.C4H7NO/c1-8-2-4-10(12(6-8)15(19)20)14(18)11-5-3-9(16)7-13(11)17;1-9-5-6-12(13(7-9)15(18)19)14(17)20-11-4-2-3-10(16)8-11;1-16(14,15)5-2-3-6(8(9)11)7(4-5)10(12)13;1-4-7(5-2)6-3;7-5-2-1-3-6(8)4-5;1-4(2,6)3-5/h2,4,6,11H,3,5,7H2,1H3;5-8H,2-4H2,1H3;2-4H,1H3;4-6H2,1-3H3;1-4H2;6H,1-2H3. The van der Waals surface area contributed by atoms with E-state index in [1.807, 2.05) is 0 Å². The number of carbonyl (C=O) groups excluding carboxylic acids is 8. The summed E-state index contributed by atoms with van der Waals surface area (Å²) >= 11 is 5.13. The maximum Gasteiger partial charge on any atom is 0.350 e. The second-order valence-electron chi connectivity index (χ2n) is 17.9. The van der Waals surface area contributed by atoms with E-state index in [4.69, 9.17) is 26.7 Å².